The van der Waals surface area contributed by atoms with Gasteiger partial charge in [0.15, 0.2) is 0 Å². The van der Waals surface area contributed by atoms with E-state index in [0.29, 0.717) is 13.0 Å². The quantitative estimate of drug-likeness (QED) is 0.622. The maximum absolute atomic E-state index is 11.7. The van der Waals surface area contributed by atoms with Crippen molar-refractivity contribution in [2.75, 3.05) is 6.54 Å². The van der Waals surface area contributed by atoms with Crippen LogP contribution in [0.25, 0.3) is 0 Å². The van der Waals surface area contributed by atoms with Crippen LogP contribution in [-0.2, 0) is 4.79 Å². The molecule has 2 atom stereocenters. The Morgan fingerprint density at radius 1 is 1.21 bits per heavy atom. The normalized spacial score (nSPS) is 22.8. The lowest BCUT2D eigenvalue weighted by atomic mass is 9.86. The minimum atomic E-state index is -0.744. The van der Waals surface area contributed by atoms with Gasteiger partial charge in [-0.25, -0.2) is 4.79 Å². The summed E-state index contributed by atoms with van der Waals surface area (Å²) in [6.45, 7) is 2.85. The summed E-state index contributed by atoms with van der Waals surface area (Å²) in [6, 6.07) is -0.155. The largest absolute Gasteiger partial charge is 0.481 e. The third-order valence-electron chi connectivity index (χ3n) is 3.67. The van der Waals surface area contributed by atoms with Crippen molar-refractivity contribution in [1.82, 2.24) is 10.6 Å². The van der Waals surface area contributed by atoms with Crippen LogP contribution in [0.2, 0.25) is 0 Å². The number of carboxylic acids is 1. The zero-order valence-electron chi connectivity index (χ0n) is 11.8. The highest BCUT2D eigenvalue weighted by molar-refractivity contribution is 5.74. The Bertz CT molecular complexity index is 294. The van der Waals surface area contributed by atoms with Crippen LogP contribution in [0.3, 0.4) is 0 Å². The van der Waals surface area contributed by atoms with E-state index in [1.54, 1.807) is 0 Å². The standard InChI is InChI=1S/C14H26N2O3/c1-2-3-4-5-9-15-14(19)16-12-8-6-7-11(10-12)13(17)18/h11-12H,2-10H2,1H3,(H,17,18)(H2,15,16,19). The Balaban J connectivity index is 2.15. The van der Waals surface area contributed by atoms with Crippen LogP contribution in [0.5, 0.6) is 0 Å². The van der Waals surface area contributed by atoms with Gasteiger partial charge in [-0.1, -0.05) is 32.6 Å². The fourth-order valence-corrected chi connectivity index (χ4v) is 2.54. The third-order valence-corrected chi connectivity index (χ3v) is 3.67. The van der Waals surface area contributed by atoms with Crippen molar-refractivity contribution in [3.05, 3.63) is 0 Å². The predicted octanol–water partition coefficient (Wildman–Crippen LogP) is 2.51. The summed E-state index contributed by atoms with van der Waals surface area (Å²) < 4.78 is 0. The van der Waals surface area contributed by atoms with Gasteiger partial charge < -0.3 is 15.7 Å². The molecule has 0 saturated heterocycles. The smallest absolute Gasteiger partial charge is 0.315 e. The second-order valence-electron chi connectivity index (χ2n) is 5.36. The van der Waals surface area contributed by atoms with E-state index in [4.69, 9.17) is 5.11 Å². The van der Waals surface area contributed by atoms with Gasteiger partial charge in [0.25, 0.3) is 0 Å². The average molecular weight is 270 g/mol. The number of urea groups is 1. The molecule has 0 aromatic rings. The first kappa shape index (κ1) is 15.8. The highest BCUT2D eigenvalue weighted by atomic mass is 16.4. The molecule has 5 heteroatoms. The van der Waals surface area contributed by atoms with Crippen LogP contribution >= 0.6 is 0 Å². The van der Waals surface area contributed by atoms with Crippen LogP contribution in [0, 0.1) is 5.92 Å². The van der Waals surface area contributed by atoms with E-state index in [-0.39, 0.29) is 18.0 Å². The highest BCUT2D eigenvalue weighted by Crippen LogP contribution is 2.24. The average Bonchev–Trinajstić information content (AvgIpc) is 2.38. The van der Waals surface area contributed by atoms with Crippen molar-refractivity contribution in [1.29, 1.82) is 0 Å². The minimum Gasteiger partial charge on any atom is -0.481 e. The SMILES string of the molecule is CCCCCCNC(=O)NC1CCCC(C(=O)O)C1. The molecule has 0 spiro atoms. The molecule has 0 radical (unpaired) electrons. The summed E-state index contributed by atoms with van der Waals surface area (Å²) >= 11 is 0. The number of carbonyl (C=O) groups is 2. The van der Waals surface area contributed by atoms with Crippen LogP contribution < -0.4 is 10.6 Å². The van der Waals surface area contributed by atoms with Crippen LogP contribution in [0.15, 0.2) is 0 Å². The third kappa shape index (κ3) is 6.45. The number of hydrogen-bond acceptors (Lipinski definition) is 2. The molecule has 0 heterocycles. The monoisotopic (exact) mass is 270 g/mol. The van der Waals surface area contributed by atoms with Crippen molar-refractivity contribution < 1.29 is 14.7 Å². The van der Waals surface area contributed by atoms with Gasteiger partial charge in [0.1, 0.15) is 0 Å². The van der Waals surface area contributed by atoms with Gasteiger partial charge in [-0.05, 0) is 25.7 Å². The van der Waals surface area contributed by atoms with E-state index in [1.807, 2.05) is 0 Å². The van der Waals surface area contributed by atoms with Crippen molar-refractivity contribution in [2.24, 2.45) is 5.92 Å². The first-order chi connectivity index (χ1) is 9.13. The van der Waals surface area contributed by atoms with E-state index < -0.39 is 5.97 Å². The number of aliphatic carboxylic acids is 1. The Morgan fingerprint density at radius 3 is 2.68 bits per heavy atom. The van der Waals surface area contributed by atoms with Crippen LogP contribution in [-0.4, -0.2) is 29.7 Å². The molecule has 2 unspecified atom stereocenters. The molecule has 1 saturated carbocycles. The van der Waals surface area contributed by atoms with Gasteiger partial charge in [0, 0.05) is 12.6 Å². The van der Waals surface area contributed by atoms with Crippen molar-refractivity contribution >= 4 is 12.0 Å². The molecule has 1 fully saturated rings. The fourth-order valence-electron chi connectivity index (χ4n) is 2.54. The Morgan fingerprint density at radius 2 is 2.00 bits per heavy atom. The lowest BCUT2D eigenvalue weighted by molar-refractivity contribution is -0.143. The Kier molecular flexibility index (Phi) is 7.30. The van der Waals surface area contributed by atoms with Crippen molar-refractivity contribution in [2.45, 2.75) is 64.3 Å². The summed E-state index contributed by atoms with van der Waals surface area (Å²) in [6.07, 6.45) is 7.57. The number of nitrogens with one attached hydrogen (secondary N) is 2. The van der Waals surface area contributed by atoms with Gasteiger partial charge in [-0.15, -0.1) is 0 Å². The summed E-state index contributed by atoms with van der Waals surface area (Å²) in [5, 5.41) is 14.7. The van der Waals surface area contributed by atoms with Crippen molar-refractivity contribution in [3.63, 3.8) is 0 Å². The first-order valence-corrected chi connectivity index (χ1v) is 7.40. The van der Waals surface area contributed by atoms with Crippen LogP contribution in [0.4, 0.5) is 4.79 Å². The van der Waals surface area contributed by atoms with Crippen LogP contribution in [0.1, 0.15) is 58.3 Å². The van der Waals surface area contributed by atoms with Gasteiger partial charge in [0.2, 0.25) is 0 Å². The summed E-state index contributed by atoms with van der Waals surface area (Å²) in [4.78, 5) is 22.6. The molecule has 1 aliphatic rings. The molecule has 5 nitrogen and oxygen atoms in total. The topological polar surface area (TPSA) is 78.4 Å². The lowest BCUT2D eigenvalue weighted by Crippen LogP contribution is -2.45. The van der Waals surface area contributed by atoms with Gasteiger partial charge >= 0.3 is 12.0 Å². The highest BCUT2D eigenvalue weighted by Gasteiger charge is 2.27. The summed E-state index contributed by atoms with van der Waals surface area (Å²) in [5.41, 5.74) is 0. The molecular formula is C14H26N2O3. The lowest BCUT2D eigenvalue weighted by Gasteiger charge is -2.27. The molecule has 0 aromatic heterocycles. The fraction of sp³-hybridized carbons (Fsp3) is 0.857. The van der Waals surface area contributed by atoms with E-state index in [1.165, 1.54) is 12.8 Å². The second kappa shape index (κ2) is 8.77. The van der Waals surface area contributed by atoms with Gasteiger partial charge in [-0.3, -0.25) is 4.79 Å². The molecule has 2 amide bonds. The first-order valence-electron chi connectivity index (χ1n) is 7.40. The summed E-state index contributed by atoms with van der Waals surface area (Å²) in [5.74, 6) is -1.05. The molecule has 0 bridgehead atoms. The van der Waals surface area contributed by atoms with Gasteiger partial charge in [0.05, 0.1) is 5.92 Å². The number of hydrogen-bond donors (Lipinski definition) is 3. The molecule has 19 heavy (non-hydrogen) atoms. The molecule has 0 aliphatic heterocycles. The minimum absolute atomic E-state index is 0.00509. The van der Waals surface area contributed by atoms with E-state index in [0.717, 1.165) is 32.1 Å². The number of unbranched alkanes of at least 4 members (excludes halogenated alkanes) is 3. The predicted molar refractivity (Wildman–Crippen MR) is 74.1 cm³/mol. The Hall–Kier alpha value is -1.26. The Labute approximate surface area is 115 Å². The maximum atomic E-state index is 11.7. The van der Waals surface area contributed by atoms with E-state index >= 15 is 0 Å². The summed E-state index contributed by atoms with van der Waals surface area (Å²) in [7, 11) is 0. The van der Waals surface area contributed by atoms with Gasteiger partial charge in [-0.2, -0.15) is 0 Å². The molecule has 1 rings (SSSR count). The molecule has 3 N–H and O–H groups in total. The maximum Gasteiger partial charge on any atom is 0.315 e. The molecule has 110 valence electrons. The van der Waals surface area contributed by atoms with E-state index in [2.05, 4.69) is 17.6 Å². The number of carboxylic acid groups (broad SMARTS) is 1. The number of carbonyl (C=O) groups excluding carboxylic acids is 1. The number of amides is 2. The number of rotatable bonds is 7. The van der Waals surface area contributed by atoms with Crippen molar-refractivity contribution in [3.8, 4) is 0 Å². The second-order valence-corrected chi connectivity index (χ2v) is 5.36. The molecule has 0 aromatic carbocycles. The zero-order chi connectivity index (χ0) is 14.1. The van der Waals surface area contributed by atoms with E-state index in [9.17, 15) is 9.59 Å². The molecular weight excluding hydrogens is 244 g/mol. The zero-order valence-corrected chi connectivity index (χ0v) is 11.8. The molecule has 1 aliphatic carbocycles.